The normalized spacial score (nSPS) is 13.6. The summed E-state index contributed by atoms with van der Waals surface area (Å²) in [6, 6.07) is 5.61. The molecular formula is C16H25ClFN. The highest BCUT2D eigenvalue weighted by molar-refractivity contribution is 6.30. The number of hydrogen-bond acceptors (Lipinski definition) is 1. The van der Waals surface area contributed by atoms with Crippen LogP contribution in [0.3, 0.4) is 0 Å². The lowest BCUT2D eigenvalue weighted by Crippen LogP contribution is -2.41. The van der Waals surface area contributed by atoms with Gasteiger partial charge in [-0.2, -0.15) is 0 Å². The minimum Gasteiger partial charge on any atom is -0.313 e. The van der Waals surface area contributed by atoms with Gasteiger partial charge in [0.25, 0.3) is 0 Å². The SMILES string of the molecule is CCCNC(CCc1cccc(Cl)c1F)C(C)(C)C. The Morgan fingerprint density at radius 3 is 2.58 bits per heavy atom. The minimum atomic E-state index is -0.271. The molecule has 1 unspecified atom stereocenters. The van der Waals surface area contributed by atoms with Gasteiger partial charge < -0.3 is 5.32 Å². The number of halogens is 2. The van der Waals surface area contributed by atoms with Crippen molar-refractivity contribution in [3.05, 3.63) is 34.6 Å². The van der Waals surface area contributed by atoms with Crippen LogP contribution in [0.4, 0.5) is 4.39 Å². The van der Waals surface area contributed by atoms with Crippen molar-refractivity contribution in [3.8, 4) is 0 Å². The van der Waals surface area contributed by atoms with Gasteiger partial charge in [-0.15, -0.1) is 0 Å². The molecule has 0 heterocycles. The molecule has 1 aromatic rings. The highest BCUT2D eigenvalue weighted by atomic mass is 35.5. The molecule has 0 radical (unpaired) electrons. The van der Waals surface area contributed by atoms with Gasteiger partial charge >= 0.3 is 0 Å². The second-order valence-corrected chi connectivity index (χ2v) is 6.53. The summed E-state index contributed by atoms with van der Waals surface area (Å²) >= 11 is 5.81. The second kappa shape index (κ2) is 7.25. The number of benzene rings is 1. The molecule has 0 aromatic heterocycles. The van der Waals surface area contributed by atoms with E-state index in [1.165, 1.54) is 0 Å². The third-order valence-corrected chi connectivity index (χ3v) is 3.71. The Bertz CT molecular complexity index is 398. The molecule has 0 fully saturated rings. The lowest BCUT2D eigenvalue weighted by atomic mass is 9.83. The Labute approximate surface area is 121 Å². The van der Waals surface area contributed by atoms with Crippen molar-refractivity contribution in [2.24, 2.45) is 5.41 Å². The van der Waals surface area contributed by atoms with E-state index in [1.54, 1.807) is 6.07 Å². The first kappa shape index (κ1) is 16.5. The first-order chi connectivity index (χ1) is 8.86. The van der Waals surface area contributed by atoms with Crippen molar-refractivity contribution in [1.29, 1.82) is 0 Å². The molecule has 0 aliphatic carbocycles. The lowest BCUT2D eigenvalue weighted by Gasteiger charge is -2.32. The molecule has 0 amide bonds. The van der Waals surface area contributed by atoms with E-state index in [-0.39, 0.29) is 16.3 Å². The van der Waals surface area contributed by atoms with Crippen LogP contribution >= 0.6 is 11.6 Å². The maximum absolute atomic E-state index is 13.8. The highest BCUT2D eigenvalue weighted by Crippen LogP contribution is 2.25. The van der Waals surface area contributed by atoms with Gasteiger partial charge in [-0.05, 0) is 42.9 Å². The van der Waals surface area contributed by atoms with Crippen molar-refractivity contribution >= 4 is 11.6 Å². The standard InChI is InChI=1S/C16H25ClFN/c1-5-11-19-14(16(2,3)4)10-9-12-7-6-8-13(17)15(12)18/h6-8,14,19H,5,9-11H2,1-4H3. The van der Waals surface area contributed by atoms with Crippen molar-refractivity contribution in [1.82, 2.24) is 5.32 Å². The third kappa shape index (κ3) is 5.12. The third-order valence-electron chi connectivity index (χ3n) is 3.42. The van der Waals surface area contributed by atoms with E-state index in [2.05, 4.69) is 33.0 Å². The predicted octanol–water partition coefficient (Wildman–Crippen LogP) is 4.83. The first-order valence-corrected chi connectivity index (χ1v) is 7.40. The largest absolute Gasteiger partial charge is 0.313 e. The van der Waals surface area contributed by atoms with Crippen LogP contribution in [0.1, 0.15) is 46.1 Å². The summed E-state index contributed by atoms with van der Waals surface area (Å²) in [7, 11) is 0. The van der Waals surface area contributed by atoms with Crippen molar-refractivity contribution in [3.63, 3.8) is 0 Å². The van der Waals surface area contributed by atoms with Gasteiger partial charge in [-0.1, -0.05) is 51.4 Å². The monoisotopic (exact) mass is 285 g/mol. The Kier molecular flexibility index (Phi) is 6.28. The molecule has 0 aliphatic heterocycles. The zero-order chi connectivity index (χ0) is 14.5. The van der Waals surface area contributed by atoms with Crippen molar-refractivity contribution in [2.45, 2.75) is 53.0 Å². The average molecular weight is 286 g/mol. The summed E-state index contributed by atoms with van der Waals surface area (Å²) in [5, 5.41) is 3.77. The molecule has 19 heavy (non-hydrogen) atoms. The van der Waals surface area contributed by atoms with Gasteiger partial charge in [0.2, 0.25) is 0 Å². The molecule has 108 valence electrons. The fourth-order valence-electron chi connectivity index (χ4n) is 2.20. The minimum absolute atomic E-state index is 0.171. The number of nitrogens with one attached hydrogen (secondary N) is 1. The second-order valence-electron chi connectivity index (χ2n) is 6.12. The molecule has 1 nitrogen and oxygen atoms in total. The Hall–Kier alpha value is -0.600. The van der Waals surface area contributed by atoms with Gasteiger partial charge in [0.05, 0.1) is 5.02 Å². The highest BCUT2D eigenvalue weighted by Gasteiger charge is 2.23. The summed E-state index contributed by atoms with van der Waals surface area (Å²) in [5.41, 5.74) is 0.879. The summed E-state index contributed by atoms with van der Waals surface area (Å²) in [6.07, 6.45) is 2.74. The van der Waals surface area contributed by atoms with Crippen LogP contribution in [-0.2, 0) is 6.42 Å². The van der Waals surface area contributed by atoms with E-state index in [1.807, 2.05) is 12.1 Å². The molecule has 3 heteroatoms. The summed E-state index contributed by atoms with van der Waals surface area (Å²) in [6.45, 7) is 9.81. The molecule has 1 atom stereocenters. The van der Waals surface area contributed by atoms with E-state index in [9.17, 15) is 4.39 Å². The van der Waals surface area contributed by atoms with Gasteiger partial charge in [-0.25, -0.2) is 4.39 Å². The Morgan fingerprint density at radius 1 is 1.32 bits per heavy atom. The Morgan fingerprint density at radius 2 is 2.00 bits per heavy atom. The molecule has 0 spiro atoms. The molecule has 1 rings (SSSR count). The van der Waals surface area contributed by atoms with E-state index in [0.717, 1.165) is 19.4 Å². The molecule has 1 aromatic carbocycles. The molecule has 0 bridgehead atoms. The van der Waals surface area contributed by atoms with Crippen LogP contribution in [0.25, 0.3) is 0 Å². The van der Waals surface area contributed by atoms with Gasteiger partial charge in [-0.3, -0.25) is 0 Å². The maximum Gasteiger partial charge on any atom is 0.144 e. The van der Waals surface area contributed by atoms with E-state index in [0.29, 0.717) is 18.0 Å². The fraction of sp³-hybridized carbons (Fsp3) is 0.625. The lowest BCUT2D eigenvalue weighted by molar-refractivity contribution is 0.255. The van der Waals surface area contributed by atoms with Crippen molar-refractivity contribution < 1.29 is 4.39 Å². The van der Waals surface area contributed by atoms with Gasteiger partial charge in [0.1, 0.15) is 5.82 Å². The van der Waals surface area contributed by atoms with Crippen LogP contribution in [0.5, 0.6) is 0 Å². The summed E-state index contributed by atoms with van der Waals surface area (Å²) < 4.78 is 13.8. The maximum atomic E-state index is 13.8. The molecule has 0 saturated heterocycles. The van der Waals surface area contributed by atoms with Gasteiger partial charge in [0.15, 0.2) is 0 Å². The zero-order valence-electron chi connectivity index (χ0n) is 12.4. The topological polar surface area (TPSA) is 12.0 Å². The fourth-order valence-corrected chi connectivity index (χ4v) is 2.40. The van der Waals surface area contributed by atoms with Crippen LogP contribution in [0.2, 0.25) is 5.02 Å². The van der Waals surface area contributed by atoms with Crippen LogP contribution < -0.4 is 5.32 Å². The molecule has 0 aliphatic rings. The first-order valence-electron chi connectivity index (χ1n) is 7.02. The van der Waals surface area contributed by atoms with Crippen LogP contribution in [-0.4, -0.2) is 12.6 Å². The summed E-state index contributed by atoms with van der Waals surface area (Å²) in [5.74, 6) is -0.271. The number of aryl methyl sites for hydroxylation is 1. The quantitative estimate of drug-likeness (QED) is 0.790. The van der Waals surface area contributed by atoms with E-state index >= 15 is 0 Å². The smallest absolute Gasteiger partial charge is 0.144 e. The average Bonchev–Trinajstić information content (AvgIpc) is 2.32. The molecule has 1 N–H and O–H groups in total. The van der Waals surface area contributed by atoms with Crippen LogP contribution in [0, 0.1) is 11.2 Å². The Balaban J connectivity index is 2.68. The van der Waals surface area contributed by atoms with Crippen LogP contribution in [0.15, 0.2) is 18.2 Å². The molecule has 0 saturated carbocycles. The van der Waals surface area contributed by atoms with Gasteiger partial charge in [0, 0.05) is 6.04 Å². The number of hydrogen-bond donors (Lipinski definition) is 1. The number of rotatable bonds is 6. The predicted molar refractivity (Wildman–Crippen MR) is 81.3 cm³/mol. The van der Waals surface area contributed by atoms with E-state index < -0.39 is 0 Å². The molecular weight excluding hydrogens is 261 g/mol. The van der Waals surface area contributed by atoms with E-state index in [4.69, 9.17) is 11.6 Å². The summed E-state index contributed by atoms with van der Waals surface area (Å²) in [4.78, 5) is 0. The van der Waals surface area contributed by atoms with Crippen molar-refractivity contribution in [2.75, 3.05) is 6.54 Å². The zero-order valence-corrected chi connectivity index (χ0v) is 13.1.